The Morgan fingerprint density at radius 2 is 1.87 bits per heavy atom. The molecule has 15 heavy (non-hydrogen) atoms. The molecule has 0 saturated heterocycles. The summed E-state index contributed by atoms with van der Waals surface area (Å²) in [5, 5.41) is 0. The van der Waals surface area contributed by atoms with Crippen molar-refractivity contribution in [3.05, 3.63) is 30.3 Å². The number of carbonyl (C=O) groups is 1. The van der Waals surface area contributed by atoms with Crippen molar-refractivity contribution in [3.63, 3.8) is 0 Å². The van der Waals surface area contributed by atoms with E-state index in [0.29, 0.717) is 0 Å². The average Bonchev–Trinajstić information content (AvgIpc) is 2.26. The molecule has 0 radical (unpaired) electrons. The highest BCUT2D eigenvalue weighted by Crippen LogP contribution is 2.03. The fourth-order valence-corrected chi connectivity index (χ4v) is 1.04. The van der Waals surface area contributed by atoms with Crippen molar-refractivity contribution < 1.29 is 4.79 Å². The van der Waals surface area contributed by atoms with Gasteiger partial charge in [0.05, 0.1) is 11.7 Å². The number of rotatable bonds is 4. The van der Waals surface area contributed by atoms with Crippen molar-refractivity contribution in [1.29, 1.82) is 0 Å². The van der Waals surface area contributed by atoms with E-state index in [1.165, 1.54) is 0 Å². The van der Waals surface area contributed by atoms with Gasteiger partial charge in [-0.15, -0.1) is 0 Å². The fraction of sp³-hybridized carbons (Fsp3) is 0.364. The van der Waals surface area contributed by atoms with Crippen LogP contribution in [0, 0.1) is 5.92 Å². The molecule has 4 N–H and O–H groups in total. The quantitative estimate of drug-likeness (QED) is 0.648. The lowest BCUT2D eigenvalue weighted by atomic mass is 10.1. The van der Waals surface area contributed by atoms with E-state index in [-0.39, 0.29) is 11.8 Å². The molecule has 1 aromatic rings. The van der Waals surface area contributed by atoms with E-state index in [1.807, 2.05) is 44.2 Å². The van der Waals surface area contributed by atoms with Gasteiger partial charge >= 0.3 is 0 Å². The molecule has 0 saturated carbocycles. The Labute approximate surface area is 89.8 Å². The van der Waals surface area contributed by atoms with Crippen LogP contribution < -0.4 is 16.6 Å². The van der Waals surface area contributed by atoms with E-state index in [9.17, 15) is 4.79 Å². The highest BCUT2D eigenvalue weighted by Gasteiger charge is 2.16. The minimum absolute atomic E-state index is 0.127. The third-order valence-electron chi connectivity index (χ3n) is 2.12. The SMILES string of the molecule is CC(C)[C@H](N)C(=O)NNc1ccccc1. The van der Waals surface area contributed by atoms with Gasteiger partial charge in [0.1, 0.15) is 0 Å². The number of nitrogens with two attached hydrogens (primary N) is 1. The second kappa shape index (κ2) is 5.36. The van der Waals surface area contributed by atoms with Crippen LogP contribution in [0.4, 0.5) is 5.69 Å². The lowest BCUT2D eigenvalue weighted by Gasteiger charge is -2.16. The summed E-state index contributed by atoms with van der Waals surface area (Å²) in [4.78, 5) is 11.5. The summed E-state index contributed by atoms with van der Waals surface area (Å²) < 4.78 is 0. The third kappa shape index (κ3) is 3.59. The summed E-state index contributed by atoms with van der Waals surface area (Å²) in [5.41, 5.74) is 11.9. The molecule has 0 heterocycles. The highest BCUT2D eigenvalue weighted by molar-refractivity contribution is 5.82. The van der Waals surface area contributed by atoms with Gasteiger partial charge < -0.3 is 5.73 Å². The van der Waals surface area contributed by atoms with Gasteiger partial charge in [0.2, 0.25) is 0 Å². The third-order valence-corrected chi connectivity index (χ3v) is 2.12. The molecule has 0 aliphatic heterocycles. The Hall–Kier alpha value is -1.55. The summed E-state index contributed by atoms with van der Waals surface area (Å²) >= 11 is 0. The zero-order valence-electron chi connectivity index (χ0n) is 9.03. The fourth-order valence-electron chi connectivity index (χ4n) is 1.04. The van der Waals surface area contributed by atoms with Gasteiger partial charge in [-0.3, -0.25) is 15.6 Å². The maximum Gasteiger partial charge on any atom is 0.255 e. The van der Waals surface area contributed by atoms with E-state index in [4.69, 9.17) is 5.73 Å². The molecule has 1 rings (SSSR count). The van der Waals surface area contributed by atoms with Gasteiger partial charge in [0.15, 0.2) is 0 Å². The Kier molecular flexibility index (Phi) is 4.12. The van der Waals surface area contributed by atoms with Crippen molar-refractivity contribution in [2.75, 3.05) is 5.43 Å². The second-order valence-corrected chi connectivity index (χ2v) is 3.75. The molecule has 0 aromatic heterocycles. The molecular weight excluding hydrogens is 190 g/mol. The summed E-state index contributed by atoms with van der Waals surface area (Å²) in [7, 11) is 0. The number of para-hydroxylation sites is 1. The van der Waals surface area contributed by atoms with E-state index >= 15 is 0 Å². The Balaban J connectivity index is 2.41. The first-order valence-corrected chi connectivity index (χ1v) is 4.97. The summed E-state index contributed by atoms with van der Waals surface area (Å²) in [5.74, 6) is -0.0728. The van der Waals surface area contributed by atoms with Crippen LogP contribution in [0.2, 0.25) is 0 Å². The van der Waals surface area contributed by atoms with E-state index in [2.05, 4.69) is 10.9 Å². The first kappa shape index (κ1) is 11.5. The number of benzene rings is 1. The van der Waals surface area contributed by atoms with Gasteiger partial charge in [-0.1, -0.05) is 32.0 Å². The second-order valence-electron chi connectivity index (χ2n) is 3.75. The van der Waals surface area contributed by atoms with Gasteiger partial charge in [0.25, 0.3) is 5.91 Å². The van der Waals surface area contributed by atoms with E-state index in [0.717, 1.165) is 5.69 Å². The van der Waals surface area contributed by atoms with Gasteiger partial charge in [-0.2, -0.15) is 0 Å². The first-order valence-electron chi connectivity index (χ1n) is 4.97. The summed E-state index contributed by atoms with van der Waals surface area (Å²) in [6.07, 6.45) is 0. The number of nitrogens with one attached hydrogen (secondary N) is 2. The van der Waals surface area contributed by atoms with Crippen LogP contribution >= 0.6 is 0 Å². The van der Waals surface area contributed by atoms with E-state index < -0.39 is 6.04 Å². The number of hydrazine groups is 1. The molecule has 0 aliphatic carbocycles. The van der Waals surface area contributed by atoms with Crippen molar-refractivity contribution in [1.82, 2.24) is 5.43 Å². The van der Waals surface area contributed by atoms with Crippen LogP contribution in [0.3, 0.4) is 0 Å². The van der Waals surface area contributed by atoms with Crippen LogP contribution in [0.15, 0.2) is 30.3 Å². The molecule has 0 aliphatic rings. The lowest BCUT2D eigenvalue weighted by Crippen LogP contribution is -2.46. The average molecular weight is 207 g/mol. The zero-order chi connectivity index (χ0) is 11.3. The minimum atomic E-state index is -0.485. The Morgan fingerprint density at radius 1 is 1.27 bits per heavy atom. The molecule has 82 valence electrons. The number of hydrogen-bond acceptors (Lipinski definition) is 3. The van der Waals surface area contributed by atoms with Crippen LogP contribution in [-0.2, 0) is 4.79 Å². The number of hydrogen-bond donors (Lipinski definition) is 3. The molecule has 1 aromatic carbocycles. The van der Waals surface area contributed by atoms with Crippen LogP contribution in [0.1, 0.15) is 13.8 Å². The molecule has 1 amide bonds. The number of anilines is 1. The molecular formula is C11H17N3O. The Morgan fingerprint density at radius 3 is 2.40 bits per heavy atom. The Bertz CT molecular complexity index is 311. The first-order chi connectivity index (χ1) is 7.11. The molecule has 4 nitrogen and oxygen atoms in total. The molecule has 0 bridgehead atoms. The van der Waals surface area contributed by atoms with Crippen LogP contribution in [0.5, 0.6) is 0 Å². The monoisotopic (exact) mass is 207 g/mol. The lowest BCUT2D eigenvalue weighted by molar-refractivity contribution is -0.122. The maximum absolute atomic E-state index is 11.5. The van der Waals surface area contributed by atoms with Crippen LogP contribution in [0.25, 0.3) is 0 Å². The predicted octanol–water partition coefficient (Wildman–Crippen LogP) is 1.11. The van der Waals surface area contributed by atoms with Crippen molar-refractivity contribution in [2.24, 2.45) is 11.7 Å². The van der Waals surface area contributed by atoms with Crippen molar-refractivity contribution in [3.8, 4) is 0 Å². The van der Waals surface area contributed by atoms with Crippen molar-refractivity contribution >= 4 is 11.6 Å². The van der Waals surface area contributed by atoms with Gasteiger partial charge in [0, 0.05) is 0 Å². The van der Waals surface area contributed by atoms with Crippen LogP contribution in [-0.4, -0.2) is 11.9 Å². The maximum atomic E-state index is 11.5. The normalized spacial score (nSPS) is 12.3. The topological polar surface area (TPSA) is 67.2 Å². The molecule has 0 fully saturated rings. The summed E-state index contributed by atoms with van der Waals surface area (Å²) in [6, 6.07) is 8.92. The smallest absolute Gasteiger partial charge is 0.255 e. The molecule has 0 unspecified atom stereocenters. The largest absolute Gasteiger partial charge is 0.320 e. The van der Waals surface area contributed by atoms with Gasteiger partial charge in [-0.05, 0) is 18.1 Å². The minimum Gasteiger partial charge on any atom is -0.320 e. The predicted molar refractivity (Wildman–Crippen MR) is 61.0 cm³/mol. The standard InChI is InChI=1S/C11H17N3O/c1-8(2)10(12)11(15)14-13-9-6-4-3-5-7-9/h3-8,10,13H,12H2,1-2H3,(H,14,15)/t10-/m0/s1. The molecule has 0 spiro atoms. The van der Waals surface area contributed by atoms with Crippen molar-refractivity contribution in [2.45, 2.75) is 19.9 Å². The number of amides is 1. The highest BCUT2D eigenvalue weighted by atomic mass is 16.2. The van der Waals surface area contributed by atoms with Gasteiger partial charge in [-0.25, -0.2) is 0 Å². The summed E-state index contributed by atoms with van der Waals surface area (Å²) in [6.45, 7) is 3.82. The number of carbonyl (C=O) groups excluding carboxylic acids is 1. The zero-order valence-corrected chi connectivity index (χ0v) is 9.03. The molecule has 1 atom stereocenters. The van der Waals surface area contributed by atoms with E-state index in [1.54, 1.807) is 0 Å². The molecule has 4 heteroatoms.